The number of hydrogen-bond donors (Lipinski definition) is 0. The molecule has 0 spiro atoms. The maximum absolute atomic E-state index is 12.0. The highest BCUT2D eigenvalue weighted by atomic mass is 16.5. The van der Waals surface area contributed by atoms with Crippen molar-refractivity contribution >= 4 is 5.97 Å². The molecular formula is C15H19NO2. The SMILES string of the molecule is O=C(OCc1ccccc1)[C@H]1C[C@H]2CCCN2C1. The average molecular weight is 245 g/mol. The first-order valence-electron chi connectivity index (χ1n) is 6.77. The van der Waals surface area contributed by atoms with Crippen molar-refractivity contribution in [3.05, 3.63) is 35.9 Å². The maximum Gasteiger partial charge on any atom is 0.310 e. The van der Waals surface area contributed by atoms with Crippen LogP contribution in [0.5, 0.6) is 0 Å². The summed E-state index contributed by atoms with van der Waals surface area (Å²) in [4.78, 5) is 14.4. The lowest BCUT2D eigenvalue weighted by atomic mass is 10.0. The molecule has 0 aromatic heterocycles. The zero-order chi connectivity index (χ0) is 12.4. The summed E-state index contributed by atoms with van der Waals surface area (Å²) >= 11 is 0. The molecule has 2 heterocycles. The van der Waals surface area contributed by atoms with Crippen molar-refractivity contribution in [2.75, 3.05) is 13.1 Å². The summed E-state index contributed by atoms with van der Waals surface area (Å²) in [5.74, 6) is 0.0762. The van der Waals surface area contributed by atoms with Crippen LogP contribution < -0.4 is 0 Å². The monoisotopic (exact) mass is 245 g/mol. The van der Waals surface area contributed by atoms with Crippen LogP contribution in [0.2, 0.25) is 0 Å². The van der Waals surface area contributed by atoms with E-state index in [-0.39, 0.29) is 11.9 Å². The highest BCUT2D eigenvalue weighted by molar-refractivity contribution is 5.73. The van der Waals surface area contributed by atoms with Gasteiger partial charge in [-0.3, -0.25) is 9.69 Å². The van der Waals surface area contributed by atoms with Gasteiger partial charge in [-0.05, 0) is 31.4 Å². The minimum atomic E-state index is -0.0201. The van der Waals surface area contributed by atoms with E-state index < -0.39 is 0 Å². The van der Waals surface area contributed by atoms with E-state index in [0.717, 1.165) is 25.1 Å². The van der Waals surface area contributed by atoms with E-state index in [0.29, 0.717) is 12.6 Å². The van der Waals surface area contributed by atoms with Gasteiger partial charge in [0.05, 0.1) is 5.92 Å². The molecule has 3 nitrogen and oxygen atoms in total. The molecule has 1 aromatic carbocycles. The minimum absolute atomic E-state index is 0.0201. The molecule has 0 amide bonds. The number of carbonyl (C=O) groups excluding carboxylic acids is 1. The molecule has 3 rings (SSSR count). The van der Waals surface area contributed by atoms with Gasteiger partial charge in [0.25, 0.3) is 0 Å². The van der Waals surface area contributed by atoms with Crippen LogP contribution in [-0.4, -0.2) is 30.0 Å². The topological polar surface area (TPSA) is 29.5 Å². The second-order valence-electron chi connectivity index (χ2n) is 5.32. The predicted molar refractivity (Wildman–Crippen MR) is 68.9 cm³/mol. The van der Waals surface area contributed by atoms with E-state index in [1.54, 1.807) is 0 Å². The first-order chi connectivity index (χ1) is 8.83. The molecule has 2 aliphatic rings. The lowest BCUT2D eigenvalue weighted by Gasteiger charge is -2.13. The molecule has 0 N–H and O–H groups in total. The second kappa shape index (κ2) is 5.11. The highest BCUT2D eigenvalue weighted by Crippen LogP contribution is 2.31. The molecule has 0 unspecified atom stereocenters. The van der Waals surface area contributed by atoms with Crippen LogP contribution in [0.3, 0.4) is 0 Å². The Morgan fingerprint density at radius 2 is 2.17 bits per heavy atom. The Morgan fingerprint density at radius 1 is 1.33 bits per heavy atom. The highest BCUT2D eigenvalue weighted by Gasteiger charge is 2.39. The predicted octanol–water partition coefficient (Wildman–Crippen LogP) is 2.21. The number of benzene rings is 1. The molecule has 96 valence electrons. The van der Waals surface area contributed by atoms with Crippen molar-refractivity contribution in [1.82, 2.24) is 4.90 Å². The summed E-state index contributed by atoms with van der Waals surface area (Å²) < 4.78 is 5.41. The summed E-state index contributed by atoms with van der Waals surface area (Å²) in [5.41, 5.74) is 1.06. The third-order valence-corrected chi connectivity index (χ3v) is 4.07. The van der Waals surface area contributed by atoms with Gasteiger partial charge in [0, 0.05) is 12.6 Å². The van der Waals surface area contributed by atoms with Gasteiger partial charge < -0.3 is 4.74 Å². The van der Waals surface area contributed by atoms with Crippen LogP contribution in [0.4, 0.5) is 0 Å². The Kier molecular flexibility index (Phi) is 3.33. The smallest absolute Gasteiger partial charge is 0.310 e. The van der Waals surface area contributed by atoms with Gasteiger partial charge in [-0.2, -0.15) is 0 Å². The van der Waals surface area contributed by atoms with E-state index in [1.165, 1.54) is 12.8 Å². The molecule has 1 aromatic rings. The van der Waals surface area contributed by atoms with Gasteiger partial charge >= 0.3 is 5.97 Å². The molecule has 2 aliphatic heterocycles. The van der Waals surface area contributed by atoms with Crippen molar-refractivity contribution in [2.24, 2.45) is 5.92 Å². The van der Waals surface area contributed by atoms with Crippen molar-refractivity contribution < 1.29 is 9.53 Å². The molecule has 2 saturated heterocycles. The zero-order valence-electron chi connectivity index (χ0n) is 10.5. The fourth-order valence-electron chi connectivity index (χ4n) is 3.11. The van der Waals surface area contributed by atoms with Gasteiger partial charge in [0.1, 0.15) is 6.61 Å². The van der Waals surface area contributed by atoms with E-state index in [4.69, 9.17) is 4.74 Å². The van der Waals surface area contributed by atoms with Crippen LogP contribution in [0.1, 0.15) is 24.8 Å². The number of hydrogen-bond acceptors (Lipinski definition) is 3. The summed E-state index contributed by atoms with van der Waals surface area (Å²) in [7, 11) is 0. The fourth-order valence-corrected chi connectivity index (χ4v) is 3.11. The van der Waals surface area contributed by atoms with E-state index in [2.05, 4.69) is 4.90 Å². The normalized spacial score (nSPS) is 27.1. The quantitative estimate of drug-likeness (QED) is 0.765. The Balaban J connectivity index is 1.50. The van der Waals surface area contributed by atoms with Gasteiger partial charge in [-0.15, -0.1) is 0 Å². The van der Waals surface area contributed by atoms with Gasteiger partial charge in [0.2, 0.25) is 0 Å². The number of ether oxygens (including phenoxy) is 1. The first-order valence-corrected chi connectivity index (χ1v) is 6.77. The van der Waals surface area contributed by atoms with Crippen molar-refractivity contribution in [3.63, 3.8) is 0 Å². The summed E-state index contributed by atoms with van der Waals surface area (Å²) in [6.07, 6.45) is 3.53. The lowest BCUT2D eigenvalue weighted by Crippen LogP contribution is -2.24. The molecule has 0 bridgehead atoms. The van der Waals surface area contributed by atoms with Gasteiger partial charge in [-0.1, -0.05) is 30.3 Å². The Bertz CT molecular complexity index is 406. The Hall–Kier alpha value is -1.35. The average Bonchev–Trinajstić information content (AvgIpc) is 2.98. The molecular weight excluding hydrogens is 226 g/mol. The molecule has 0 aliphatic carbocycles. The lowest BCUT2D eigenvalue weighted by molar-refractivity contribution is -0.149. The maximum atomic E-state index is 12.0. The standard InChI is InChI=1S/C15H19NO2/c17-15(18-11-12-5-2-1-3-6-12)13-9-14-7-4-8-16(14)10-13/h1-3,5-6,13-14H,4,7-11H2/t13-,14+/m0/s1. The van der Waals surface area contributed by atoms with Crippen molar-refractivity contribution in [2.45, 2.75) is 31.9 Å². The zero-order valence-corrected chi connectivity index (χ0v) is 10.5. The molecule has 0 saturated carbocycles. The third kappa shape index (κ3) is 2.41. The number of carbonyl (C=O) groups is 1. The van der Waals surface area contributed by atoms with Gasteiger partial charge in [0.15, 0.2) is 0 Å². The first kappa shape index (κ1) is 11.7. The van der Waals surface area contributed by atoms with E-state index >= 15 is 0 Å². The Labute approximate surface area is 108 Å². The Morgan fingerprint density at radius 3 is 2.94 bits per heavy atom. The number of nitrogens with zero attached hydrogens (tertiary/aromatic N) is 1. The minimum Gasteiger partial charge on any atom is -0.461 e. The molecule has 0 radical (unpaired) electrons. The third-order valence-electron chi connectivity index (χ3n) is 4.07. The summed E-state index contributed by atoms with van der Waals surface area (Å²) in [5, 5.41) is 0. The number of rotatable bonds is 3. The van der Waals surface area contributed by atoms with Gasteiger partial charge in [-0.25, -0.2) is 0 Å². The van der Waals surface area contributed by atoms with Crippen LogP contribution in [0, 0.1) is 5.92 Å². The van der Waals surface area contributed by atoms with Crippen LogP contribution >= 0.6 is 0 Å². The molecule has 2 atom stereocenters. The van der Waals surface area contributed by atoms with Crippen LogP contribution in [-0.2, 0) is 16.1 Å². The number of esters is 1. The van der Waals surface area contributed by atoms with Crippen LogP contribution in [0.15, 0.2) is 30.3 Å². The van der Waals surface area contributed by atoms with E-state index in [1.807, 2.05) is 30.3 Å². The van der Waals surface area contributed by atoms with Crippen molar-refractivity contribution in [3.8, 4) is 0 Å². The fraction of sp³-hybridized carbons (Fsp3) is 0.533. The largest absolute Gasteiger partial charge is 0.461 e. The summed E-state index contributed by atoms with van der Waals surface area (Å²) in [6, 6.07) is 10.5. The molecule has 3 heteroatoms. The van der Waals surface area contributed by atoms with E-state index in [9.17, 15) is 4.79 Å². The summed E-state index contributed by atoms with van der Waals surface area (Å²) in [6.45, 7) is 2.46. The molecule has 2 fully saturated rings. The number of fused-ring (bicyclic) bond motifs is 1. The second-order valence-corrected chi connectivity index (χ2v) is 5.32. The molecule has 18 heavy (non-hydrogen) atoms. The van der Waals surface area contributed by atoms with Crippen molar-refractivity contribution in [1.29, 1.82) is 0 Å². The van der Waals surface area contributed by atoms with Crippen LogP contribution in [0.25, 0.3) is 0 Å².